The molecule has 1 aromatic rings. The van der Waals surface area contributed by atoms with Crippen molar-refractivity contribution in [1.29, 1.82) is 0 Å². The molecule has 0 bridgehead atoms. The summed E-state index contributed by atoms with van der Waals surface area (Å²) in [6, 6.07) is 4.31. The van der Waals surface area contributed by atoms with E-state index in [0.717, 1.165) is 42.7 Å². The summed E-state index contributed by atoms with van der Waals surface area (Å²) in [5, 5.41) is 13.0. The van der Waals surface area contributed by atoms with Gasteiger partial charge in [0.2, 0.25) is 0 Å². The molecule has 100 valence electrons. The molecule has 0 radical (unpaired) electrons. The van der Waals surface area contributed by atoms with Crippen molar-refractivity contribution in [3.63, 3.8) is 0 Å². The molecule has 1 aliphatic carbocycles. The van der Waals surface area contributed by atoms with Gasteiger partial charge in [-0.15, -0.1) is 0 Å². The number of aliphatic hydroxyl groups excluding tert-OH is 1. The second-order valence-corrected chi connectivity index (χ2v) is 5.24. The van der Waals surface area contributed by atoms with Crippen molar-refractivity contribution in [2.75, 3.05) is 7.05 Å². The molecule has 0 heterocycles. The topological polar surface area (TPSA) is 41.5 Å². The number of aliphatic hydroxyl groups is 1. The average Bonchev–Trinajstić information content (AvgIpc) is 2.70. The molecule has 2 atom stereocenters. The molecule has 3 heteroatoms. The lowest BCUT2D eigenvalue weighted by molar-refractivity contribution is 0.0595. The van der Waals surface area contributed by atoms with Crippen molar-refractivity contribution in [3.8, 4) is 5.75 Å². The van der Waals surface area contributed by atoms with Crippen molar-refractivity contribution in [3.05, 3.63) is 28.8 Å². The summed E-state index contributed by atoms with van der Waals surface area (Å²) in [6.45, 7) is 5.01. The second-order valence-electron chi connectivity index (χ2n) is 5.24. The minimum absolute atomic E-state index is 0.0300. The van der Waals surface area contributed by atoms with Crippen LogP contribution < -0.4 is 10.1 Å². The van der Waals surface area contributed by atoms with Crippen molar-refractivity contribution >= 4 is 0 Å². The number of rotatable bonds is 4. The highest BCUT2D eigenvalue weighted by Crippen LogP contribution is 2.30. The first-order valence-corrected chi connectivity index (χ1v) is 6.71. The van der Waals surface area contributed by atoms with Crippen LogP contribution in [-0.4, -0.2) is 24.4 Å². The molecular weight excluding hydrogens is 226 g/mol. The summed E-state index contributed by atoms with van der Waals surface area (Å²) >= 11 is 0. The van der Waals surface area contributed by atoms with E-state index in [0.29, 0.717) is 0 Å². The lowest BCUT2D eigenvalue weighted by Crippen LogP contribution is -2.26. The van der Waals surface area contributed by atoms with Crippen molar-refractivity contribution in [1.82, 2.24) is 5.32 Å². The largest absolute Gasteiger partial charge is 0.487 e. The Morgan fingerprint density at radius 2 is 1.94 bits per heavy atom. The smallest absolute Gasteiger partial charge is 0.125 e. The number of hydrogen-bond donors (Lipinski definition) is 2. The van der Waals surface area contributed by atoms with Gasteiger partial charge in [-0.05, 0) is 56.8 Å². The number of ether oxygens (including phenoxy) is 1. The van der Waals surface area contributed by atoms with Crippen LogP contribution in [0.3, 0.4) is 0 Å². The van der Waals surface area contributed by atoms with Crippen LogP contribution in [0.2, 0.25) is 0 Å². The fraction of sp³-hybridized carbons (Fsp3) is 0.600. The van der Waals surface area contributed by atoms with E-state index < -0.39 is 0 Å². The molecule has 3 nitrogen and oxygen atoms in total. The van der Waals surface area contributed by atoms with Gasteiger partial charge in [0.05, 0.1) is 6.10 Å². The van der Waals surface area contributed by atoms with E-state index in [9.17, 15) is 5.11 Å². The lowest BCUT2D eigenvalue weighted by Gasteiger charge is -2.21. The highest BCUT2D eigenvalue weighted by Gasteiger charge is 2.27. The molecular formula is C15H23NO2. The summed E-state index contributed by atoms with van der Waals surface area (Å²) in [6.07, 6.45) is 2.54. The molecule has 18 heavy (non-hydrogen) atoms. The van der Waals surface area contributed by atoms with E-state index in [-0.39, 0.29) is 12.2 Å². The highest BCUT2D eigenvalue weighted by molar-refractivity contribution is 5.43. The SMILES string of the molecule is CNCc1cc(C)c(OC2CCCC2O)c(C)c1. The normalized spacial score (nSPS) is 23.3. The van der Waals surface area contributed by atoms with Crippen LogP contribution >= 0.6 is 0 Å². The van der Waals surface area contributed by atoms with E-state index in [2.05, 4.69) is 31.3 Å². The van der Waals surface area contributed by atoms with Crippen LogP contribution in [-0.2, 0) is 6.54 Å². The van der Waals surface area contributed by atoms with E-state index in [1.807, 2.05) is 7.05 Å². The Hall–Kier alpha value is -1.06. The predicted octanol–water partition coefficient (Wildman–Crippen LogP) is 2.32. The Morgan fingerprint density at radius 3 is 2.44 bits per heavy atom. The maximum absolute atomic E-state index is 9.84. The van der Waals surface area contributed by atoms with Crippen LogP contribution in [0.15, 0.2) is 12.1 Å². The van der Waals surface area contributed by atoms with Gasteiger partial charge in [-0.3, -0.25) is 0 Å². The van der Waals surface area contributed by atoms with Gasteiger partial charge in [-0.25, -0.2) is 0 Å². The van der Waals surface area contributed by atoms with Crippen molar-refractivity contribution in [2.45, 2.75) is 51.9 Å². The van der Waals surface area contributed by atoms with Gasteiger partial charge in [-0.1, -0.05) is 12.1 Å². The van der Waals surface area contributed by atoms with Crippen molar-refractivity contribution < 1.29 is 9.84 Å². The molecule has 1 saturated carbocycles. The Balaban J connectivity index is 2.17. The third-order valence-electron chi connectivity index (χ3n) is 3.59. The molecule has 2 N–H and O–H groups in total. The van der Waals surface area contributed by atoms with Crippen LogP contribution in [0, 0.1) is 13.8 Å². The fourth-order valence-corrected chi connectivity index (χ4v) is 2.73. The summed E-state index contributed by atoms with van der Waals surface area (Å²) in [5.41, 5.74) is 3.57. The number of benzene rings is 1. The number of aryl methyl sites for hydroxylation is 2. The molecule has 2 rings (SSSR count). The van der Waals surface area contributed by atoms with Crippen molar-refractivity contribution in [2.24, 2.45) is 0 Å². The first-order valence-electron chi connectivity index (χ1n) is 6.71. The van der Waals surface area contributed by atoms with Gasteiger partial charge in [-0.2, -0.15) is 0 Å². The Kier molecular flexibility index (Phi) is 4.25. The molecule has 1 fully saturated rings. The Morgan fingerprint density at radius 1 is 1.28 bits per heavy atom. The minimum atomic E-state index is -0.305. The van der Waals surface area contributed by atoms with E-state index in [1.165, 1.54) is 5.56 Å². The molecule has 0 aromatic heterocycles. The van der Waals surface area contributed by atoms with Gasteiger partial charge in [0.25, 0.3) is 0 Å². The molecule has 1 aromatic carbocycles. The molecule has 0 aliphatic heterocycles. The van der Waals surface area contributed by atoms with Gasteiger partial charge >= 0.3 is 0 Å². The van der Waals surface area contributed by atoms with Gasteiger partial charge < -0.3 is 15.2 Å². The predicted molar refractivity (Wildman–Crippen MR) is 73.0 cm³/mol. The first kappa shape index (κ1) is 13.4. The zero-order valence-electron chi connectivity index (χ0n) is 11.5. The molecule has 0 spiro atoms. The molecule has 1 aliphatic rings. The van der Waals surface area contributed by atoms with Crippen LogP contribution in [0.5, 0.6) is 5.75 Å². The Bertz CT molecular complexity index is 394. The molecule has 0 saturated heterocycles. The molecule has 0 amide bonds. The van der Waals surface area contributed by atoms with Gasteiger partial charge in [0.1, 0.15) is 11.9 Å². The number of hydrogen-bond acceptors (Lipinski definition) is 3. The van der Waals surface area contributed by atoms with Gasteiger partial charge in [0, 0.05) is 6.54 Å². The summed E-state index contributed by atoms with van der Waals surface area (Å²) in [4.78, 5) is 0. The quantitative estimate of drug-likeness (QED) is 0.860. The van der Waals surface area contributed by atoms with Crippen LogP contribution in [0.4, 0.5) is 0 Å². The van der Waals surface area contributed by atoms with E-state index in [1.54, 1.807) is 0 Å². The Labute approximate surface area is 109 Å². The summed E-state index contributed by atoms with van der Waals surface area (Å²) in [5.74, 6) is 0.945. The number of nitrogens with one attached hydrogen (secondary N) is 1. The van der Waals surface area contributed by atoms with Crippen LogP contribution in [0.25, 0.3) is 0 Å². The zero-order valence-corrected chi connectivity index (χ0v) is 11.5. The summed E-state index contributed by atoms with van der Waals surface area (Å²) in [7, 11) is 1.95. The van der Waals surface area contributed by atoms with E-state index in [4.69, 9.17) is 4.74 Å². The standard InChI is InChI=1S/C15H23NO2/c1-10-7-12(9-16-3)8-11(2)15(10)18-14-6-4-5-13(14)17/h7-8,13-14,16-17H,4-6,9H2,1-3H3. The average molecular weight is 249 g/mol. The fourth-order valence-electron chi connectivity index (χ4n) is 2.73. The zero-order chi connectivity index (χ0) is 13.1. The minimum Gasteiger partial charge on any atom is -0.487 e. The third kappa shape index (κ3) is 2.85. The highest BCUT2D eigenvalue weighted by atomic mass is 16.5. The third-order valence-corrected chi connectivity index (χ3v) is 3.59. The lowest BCUT2D eigenvalue weighted by atomic mass is 10.1. The van der Waals surface area contributed by atoms with Gasteiger partial charge in [0.15, 0.2) is 0 Å². The van der Waals surface area contributed by atoms with E-state index >= 15 is 0 Å². The monoisotopic (exact) mass is 249 g/mol. The van der Waals surface area contributed by atoms with Crippen LogP contribution in [0.1, 0.15) is 36.0 Å². The first-order chi connectivity index (χ1) is 8.61. The molecule has 2 unspecified atom stereocenters. The maximum atomic E-state index is 9.84. The summed E-state index contributed by atoms with van der Waals surface area (Å²) < 4.78 is 6.01. The maximum Gasteiger partial charge on any atom is 0.125 e. The second kappa shape index (κ2) is 5.72.